The van der Waals surface area contributed by atoms with E-state index in [1.54, 1.807) is 12.3 Å². The molecule has 0 aromatic carbocycles. The summed E-state index contributed by atoms with van der Waals surface area (Å²) in [5, 5.41) is 3.75. The smallest absolute Gasteiger partial charge is 0.230 e. The zero-order chi connectivity index (χ0) is 10.7. The van der Waals surface area contributed by atoms with Gasteiger partial charge in [-0.2, -0.15) is 0 Å². The lowest BCUT2D eigenvalue weighted by Gasteiger charge is -2.02. The van der Waals surface area contributed by atoms with Gasteiger partial charge in [0, 0.05) is 6.04 Å². The third kappa shape index (κ3) is 3.43. The van der Waals surface area contributed by atoms with Gasteiger partial charge < -0.3 is 11.1 Å². The molecule has 0 unspecified atom stereocenters. The number of pyridine rings is 1. The Morgan fingerprint density at radius 3 is 3.00 bits per heavy atom. The third-order valence-corrected chi connectivity index (χ3v) is 3.00. The van der Waals surface area contributed by atoms with Crippen molar-refractivity contribution in [3.05, 3.63) is 18.3 Å². The number of hydrogen-bond acceptors (Lipinski definition) is 4. The van der Waals surface area contributed by atoms with Gasteiger partial charge in [0.25, 0.3) is 0 Å². The van der Waals surface area contributed by atoms with Crippen LogP contribution < -0.4 is 11.1 Å². The molecule has 4 nitrogen and oxygen atoms in total. The second-order valence-electron chi connectivity index (χ2n) is 3.56. The van der Waals surface area contributed by atoms with Crippen molar-refractivity contribution in [2.45, 2.75) is 23.9 Å². The van der Waals surface area contributed by atoms with Gasteiger partial charge in [0.1, 0.15) is 0 Å². The summed E-state index contributed by atoms with van der Waals surface area (Å²) in [5.41, 5.74) is 6.15. The fraction of sp³-hybridized carbons (Fsp3) is 0.400. The van der Waals surface area contributed by atoms with Crippen molar-refractivity contribution in [3.63, 3.8) is 0 Å². The minimum absolute atomic E-state index is 0.0844. The second-order valence-corrected chi connectivity index (χ2v) is 4.56. The maximum Gasteiger partial charge on any atom is 0.230 e. The molecule has 1 aromatic rings. The molecule has 2 rings (SSSR count). The average molecular weight is 223 g/mol. The number of nitrogens with zero attached hydrogens (tertiary/aromatic N) is 1. The van der Waals surface area contributed by atoms with E-state index in [0.29, 0.717) is 17.5 Å². The number of carbonyl (C=O) groups is 1. The van der Waals surface area contributed by atoms with Crippen LogP contribution in [0.5, 0.6) is 0 Å². The van der Waals surface area contributed by atoms with Crippen molar-refractivity contribution in [3.8, 4) is 0 Å². The van der Waals surface area contributed by atoms with E-state index in [-0.39, 0.29) is 5.91 Å². The molecule has 80 valence electrons. The third-order valence-electron chi connectivity index (χ3n) is 2.05. The Kier molecular flexibility index (Phi) is 3.11. The number of aromatic nitrogens is 1. The molecule has 0 bridgehead atoms. The number of amides is 1. The summed E-state index contributed by atoms with van der Waals surface area (Å²) in [5.74, 6) is 0.508. The van der Waals surface area contributed by atoms with Crippen molar-refractivity contribution in [1.29, 1.82) is 0 Å². The number of thioether (sulfide) groups is 1. The number of hydrogen-bond donors (Lipinski definition) is 2. The lowest BCUT2D eigenvalue weighted by Crippen LogP contribution is -2.26. The predicted molar refractivity (Wildman–Crippen MR) is 60.5 cm³/mol. The lowest BCUT2D eigenvalue weighted by atomic mass is 10.4. The van der Waals surface area contributed by atoms with Crippen LogP contribution in [0.4, 0.5) is 5.69 Å². The van der Waals surface area contributed by atoms with Crippen LogP contribution in [0.1, 0.15) is 12.8 Å². The van der Waals surface area contributed by atoms with Gasteiger partial charge in [0.2, 0.25) is 5.91 Å². The zero-order valence-corrected chi connectivity index (χ0v) is 9.09. The zero-order valence-electron chi connectivity index (χ0n) is 8.27. The molecule has 3 N–H and O–H groups in total. The van der Waals surface area contributed by atoms with Crippen LogP contribution in [0.3, 0.4) is 0 Å². The van der Waals surface area contributed by atoms with Crippen LogP contribution >= 0.6 is 11.8 Å². The summed E-state index contributed by atoms with van der Waals surface area (Å²) in [6.07, 6.45) is 3.84. The Morgan fingerprint density at radius 2 is 2.40 bits per heavy atom. The number of rotatable bonds is 4. The quantitative estimate of drug-likeness (QED) is 0.748. The van der Waals surface area contributed by atoms with Gasteiger partial charge in [-0.3, -0.25) is 4.79 Å². The molecule has 15 heavy (non-hydrogen) atoms. The molecule has 0 atom stereocenters. The average Bonchev–Trinajstić information content (AvgIpc) is 3.01. The molecule has 0 saturated heterocycles. The van der Waals surface area contributed by atoms with E-state index < -0.39 is 0 Å². The lowest BCUT2D eigenvalue weighted by molar-refractivity contribution is -0.118. The van der Waals surface area contributed by atoms with E-state index in [4.69, 9.17) is 5.73 Å². The highest BCUT2D eigenvalue weighted by atomic mass is 32.2. The van der Waals surface area contributed by atoms with Crippen molar-refractivity contribution in [2.24, 2.45) is 0 Å². The molecule has 1 aliphatic carbocycles. The van der Waals surface area contributed by atoms with Gasteiger partial charge in [-0.1, -0.05) is 11.8 Å². The summed E-state index contributed by atoms with van der Waals surface area (Å²) >= 11 is 1.43. The Hall–Kier alpha value is -1.23. The summed E-state index contributed by atoms with van der Waals surface area (Å²) in [7, 11) is 0. The molecular formula is C10H13N3OS. The summed E-state index contributed by atoms with van der Waals surface area (Å²) in [4.78, 5) is 15.5. The Labute approximate surface area is 92.6 Å². The van der Waals surface area contributed by atoms with E-state index in [2.05, 4.69) is 10.3 Å². The van der Waals surface area contributed by atoms with E-state index in [1.807, 2.05) is 6.07 Å². The second kappa shape index (κ2) is 4.53. The van der Waals surface area contributed by atoms with Crippen LogP contribution in [0, 0.1) is 0 Å². The predicted octanol–water partition coefficient (Wildman–Crippen LogP) is 1.03. The first-order chi connectivity index (χ1) is 7.24. The van der Waals surface area contributed by atoms with Gasteiger partial charge in [-0.15, -0.1) is 0 Å². The van der Waals surface area contributed by atoms with E-state index in [9.17, 15) is 4.79 Å². The summed E-state index contributed by atoms with van der Waals surface area (Å²) in [6.45, 7) is 0. The molecule has 1 fully saturated rings. The summed E-state index contributed by atoms with van der Waals surface area (Å²) in [6, 6.07) is 4.04. The first-order valence-electron chi connectivity index (χ1n) is 4.88. The minimum Gasteiger partial charge on any atom is -0.397 e. The number of nitrogen functional groups attached to an aromatic ring is 1. The first kappa shape index (κ1) is 10.3. The fourth-order valence-electron chi connectivity index (χ4n) is 1.11. The monoisotopic (exact) mass is 223 g/mol. The van der Waals surface area contributed by atoms with Crippen molar-refractivity contribution in [1.82, 2.24) is 10.3 Å². The van der Waals surface area contributed by atoms with E-state index >= 15 is 0 Å². The van der Waals surface area contributed by atoms with Crippen molar-refractivity contribution >= 4 is 23.4 Å². The van der Waals surface area contributed by atoms with E-state index in [0.717, 1.165) is 17.9 Å². The van der Waals surface area contributed by atoms with Crippen LogP contribution in [0.15, 0.2) is 23.4 Å². The molecular weight excluding hydrogens is 210 g/mol. The SMILES string of the molecule is Nc1ccc(SCC(=O)NC2CC2)nc1. The van der Waals surface area contributed by atoms with Gasteiger partial charge in [-0.05, 0) is 25.0 Å². The first-order valence-corrected chi connectivity index (χ1v) is 5.86. The Morgan fingerprint density at radius 1 is 1.60 bits per heavy atom. The number of anilines is 1. The molecule has 0 radical (unpaired) electrons. The largest absolute Gasteiger partial charge is 0.397 e. The molecule has 1 heterocycles. The molecule has 1 saturated carbocycles. The van der Waals surface area contributed by atoms with Gasteiger partial charge in [0.05, 0.1) is 22.7 Å². The van der Waals surface area contributed by atoms with Gasteiger partial charge >= 0.3 is 0 Å². The fourth-order valence-corrected chi connectivity index (χ4v) is 1.77. The molecule has 1 amide bonds. The number of carbonyl (C=O) groups excluding carboxylic acids is 1. The Bertz CT molecular complexity index is 348. The molecule has 0 spiro atoms. The normalized spacial score (nSPS) is 14.9. The highest BCUT2D eigenvalue weighted by Crippen LogP contribution is 2.20. The standard InChI is InChI=1S/C10H13N3OS/c11-7-1-4-10(12-5-7)15-6-9(14)13-8-2-3-8/h1,4-5,8H,2-3,6,11H2,(H,13,14). The van der Waals surface area contributed by atoms with Crippen LogP contribution in [-0.2, 0) is 4.79 Å². The topological polar surface area (TPSA) is 68.0 Å². The van der Waals surface area contributed by atoms with Crippen LogP contribution in [-0.4, -0.2) is 22.7 Å². The van der Waals surface area contributed by atoms with Crippen molar-refractivity contribution < 1.29 is 4.79 Å². The summed E-state index contributed by atoms with van der Waals surface area (Å²) < 4.78 is 0. The number of nitrogens with two attached hydrogens (primary N) is 1. The van der Waals surface area contributed by atoms with Gasteiger partial charge in [-0.25, -0.2) is 4.98 Å². The van der Waals surface area contributed by atoms with Crippen molar-refractivity contribution in [2.75, 3.05) is 11.5 Å². The Balaban J connectivity index is 1.76. The van der Waals surface area contributed by atoms with E-state index in [1.165, 1.54) is 11.8 Å². The minimum atomic E-state index is 0.0844. The highest BCUT2D eigenvalue weighted by molar-refractivity contribution is 7.99. The molecule has 0 aliphatic heterocycles. The highest BCUT2D eigenvalue weighted by Gasteiger charge is 2.22. The van der Waals surface area contributed by atoms with Crippen LogP contribution in [0.2, 0.25) is 0 Å². The van der Waals surface area contributed by atoms with Crippen LogP contribution in [0.25, 0.3) is 0 Å². The number of nitrogens with one attached hydrogen (secondary N) is 1. The maximum atomic E-state index is 11.3. The molecule has 5 heteroatoms. The molecule has 1 aliphatic rings. The molecule has 1 aromatic heterocycles. The van der Waals surface area contributed by atoms with Gasteiger partial charge in [0.15, 0.2) is 0 Å². The maximum absolute atomic E-state index is 11.3.